The Hall–Kier alpha value is -1.12. The van der Waals surface area contributed by atoms with Crippen molar-refractivity contribution in [2.75, 3.05) is 11.9 Å². The first-order valence-electron chi connectivity index (χ1n) is 5.74. The van der Waals surface area contributed by atoms with Gasteiger partial charge in [-0.2, -0.15) is 0 Å². The van der Waals surface area contributed by atoms with E-state index in [1.165, 1.54) is 0 Å². The third-order valence-corrected chi connectivity index (χ3v) is 2.92. The summed E-state index contributed by atoms with van der Waals surface area (Å²) in [7, 11) is 0. The Morgan fingerprint density at radius 3 is 2.56 bits per heavy atom. The second kappa shape index (κ2) is 5.83. The van der Waals surface area contributed by atoms with Gasteiger partial charge in [-0.05, 0) is 30.9 Å². The van der Waals surface area contributed by atoms with Crippen molar-refractivity contribution in [3.05, 3.63) is 29.3 Å². The zero-order valence-electron chi connectivity index (χ0n) is 10.1. The fourth-order valence-corrected chi connectivity index (χ4v) is 1.44. The molecule has 1 aromatic carbocycles. The van der Waals surface area contributed by atoms with E-state index < -0.39 is 11.6 Å². The molecule has 0 aromatic heterocycles. The molecule has 3 heteroatoms. The molecule has 0 aliphatic rings. The van der Waals surface area contributed by atoms with Gasteiger partial charge in [0.05, 0.1) is 5.69 Å². The number of rotatable bonds is 5. The number of hydrogen-bond acceptors (Lipinski definition) is 1. The summed E-state index contributed by atoms with van der Waals surface area (Å²) in [4.78, 5) is 0. The number of aryl methyl sites for hydroxylation is 1. The van der Waals surface area contributed by atoms with Crippen LogP contribution in [-0.2, 0) is 0 Å². The molecule has 90 valence electrons. The first-order chi connectivity index (χ1) is 7.56. The minimum atomic E-state index is -0.774. The quantitative estimate of drug-likeness (QED) is 0.797. The zero-order valence-corrected chi connectivity index (χ0v) is 10.1. The molecule has 0 spiro atoms. The second-order valence-corrected chi connectivity index (χ2v) is 4.29. The average molecular weight is 227 g/mol. The maximum absolute atomic E-state index is 13.4. The molecule has 0 fully saturated rings. The smallest absolute Gasteiger partial charge is 0.182 e. The van der Waals surface area contributed by atoms with Crippen LogP contribution >= 0.6 is 0 Å². The number of nitrogens with one attached hydrogen (secondary N) is 1. The van der Waals surface area contributed by atoms with Crippen molar-refractivity contribution in [2.24, 2.45) is 5.92 Å². The van der Waals surface area contributed by atoms with Crippen molar-refractivity contribution >= 4 is 5.69 Å². The van der Waals surface area contributed by atoms with Gasteiger partial charge in [0.2, 0.25) is 0 Å². The Labute approximate surface area is 95.9 Å². The van der Waals surface area contributed by atoms with E-state index >= 15 is 0 Å². The van der Waals surface area contributed by atoms with Crippen molar-refractivity contribution in [3.63, 3.8) is 0 Å². The Bertz CT molecular complexity index is 350. The van der Waals surface area contributed by atoms with Crippen molar-refractivity contribution < 1.29 is 8.78 Å². The molecule has 1 N–H and O–H groups in total. The molecule has 0 aliphatic heterocycles. The highest BCUT2D eigenvalue weighted by molar-refractivity contribution is 5.46. The molecule has 1 nitrogen and oxygen atoms in total. The van der Waals surface area contributed by atoms with Crippen LogP contribution in [0.5, 0.6) is 0 Å². The highest BCUT2D eigenvalue weighted by Gasteiger charge is 2.10. The summed E-state index contributed by atoms with van der Waals surface area (Å²) >= 11 is 0. The van der Waals surface area contributed by atoms with E-state index in [0.29, 0.717) is 18.0 Å². The van der Waals surface area contributed by atoms with Gasteiger partial charge < -0.3 is 5.32 Å². The van der Waals surface area contributed by atoms with Gasteiger partial charge in [-0.25, -0.2) is 8.78 Å². The van der Waals surface area contributed by atoms with Crippen LogP contribution in [-0.4, -0.2) is 6.54 Å². The summed E-state index contributed by atoms with van der Waals surface area (Å²) in [6, 6.07) is 3.17. The summed E-state index contributed by atoms with van der Waals surface area (Å²) in [5.74, 6) is -0.927. The van der Waals surface area contributed by atoms with Crippen LogP contribution < -0.4 is 5.32 Å². The average Bonchev–Trinajstić information content (AvgIpc) is 2.29. The Morgan fingerprint density at radius 1 is 1.25 bits per heavy atom. The molecule has 0 saturated carbocycles. The minimum Gasteiger partial charge on any atom is -0.383 e. The monoisotopic (exact) mass is 227 g/mol. The standard InChI is InChI=1S/C13H19F2N/c1-4-9(2)7-8-16-11-6-5-10(3)12(14)13(11)15/h5-6,9,16H,4,7-8H2,1-3H3. The normalized spacial score (nSPS) is 12.6. The minimum absolute atomic E-state index is 0.256. The first-order valence-corrected chi connectivity index (χ1v) is 5.74. The predicted molar refractivity (Wildman–Crippen MR) is 63.7 cm³/mol. The van der Waals surface area contributed by atoms with Gasteiger partial charge >= 0.3 is 0 Å². The van der Waals surface area contributed by atoms with Crippen LogP contribution in [0.3, 0.4) is 0 Å². The lowest BCUT2D eigenvalue weighted by Crippen LogP contribution is -2.08. The van der Waals surface area contributed by atoms with Crippen LogP contribution in [0.15, 0.2) is 12.1 Å². The Morgan fingerprint density at radius 2 is 1.94 bits per heavy atom. The molecular formula is C13H19F2N. The van der Waals surface area contributed by atoms with Crippen LogP contribution in [0.25, 0.3) is 0 Å². The topological polar surface area (TPSA) is 12.0 Å². The molecule has 1 aromatic rings. The lowest BCUT2D eigenvalue weighted by atomic mass is 10.1. The van der Waals surface area contributed by atoms with E-state index in [9.17, 15) is 8.78 Å². The van der Waals surface area contributed by atoms with Gasteiger partial charge in [0.1, 0.15) is 0 Å². The summed E-state index contributed by atoms with van der Waals surface area (Å²) in [5.41, 5.74) is 0.594. The Balaban J connectivity index is 2.58. The molecule has 0 bridgehead atoms. The van der Waals surface area contributed by atoms with Gasteiger partial charge in [-0.15, -0.1) is 0 Å². The fourth-order valence-electron chi connectivity index (χ4n) is 1.44. The van der Waals surface area contributed by atoms with Crippen molar-refractivity contribution in [3.8, 4) is 0 Å². The molecule has 16 heavy (non-hydrogen) atoms. The summed E-state index contributed by atoms with van der Waals surface area (Å²) < 4.78 is 26.7. The van der Waals surface area contributed by atoms with E-state index in [-0.39, 0.29) is 5.69 Å². The van der Waals surface area contributed by atoms with Crippen molar-refractivity contribution in [1.82, 2.24) is 0 Å². The zero-order chi connectivity index (χ0) is 12.1. The SMILES string of the molecule is CCC(C)CCNc1ccc(C)c(F)c1F. The molecule has 0 amide bonds. The second-order valence-electron chi connectivity index (χ2n) is 4.29. The van der Waals surface area contributed by atoms with Gasteiger partial charge in [0.15, 0.2) is 11.6 Å². The van der Waals surface area contributed by atoms with E-state index in [2.05, 4.69) is 19.2 Å². The molecule has 1 atom stereocenters. The van der Waals surface area contributed by atoms with Gasteiger partial charge in [-0.3, -0.25) is 0 Å². The lowest BCUT2D eigenvalue weighted by molar-refractivity contribution is 0.502. The predicted octanol–water partition coefficient (Wildman–Crippen LogP) is 4.12. The van der Waals surface area contributed by atoms with E-state index in [1.54, 1.807) is 19.1 Å². The van der Waals surface area contributed by atoms with Crippen LogP contribution in [0.2, 0.25) is 0 Å². The van der Waals surface area contributed by atoms with Crippen LogP contribution in [0.1, 0.15) is 32.3 Å². The largest absolute Gasteiger partial charge is 0.383 e. The maximum Gasteiger partial charge on any atom is 0.182 e. The summed E-state index contributed by atoms with van der Waals surface area (Å²) in [5, 5.41) is 2.93. The lowest BCUT2D eigenvalue weighted by Gasteiger charge is -2.11. The molecule has 0 heterocycles. The van der Waals surface area contributed by atoms with Gasteiger partial charge in [-0.1, -0.05) is 26.3 Å². The van der Waals surface area contributed by atoms with Crippen LogP contribution in [0, 0.1) is 24.5 Å². The molecule has 0 saturated heterocycles. The Kier molecular flexibility index (Phi) is 4.71. The van der Waals surface area contributed by atoms with Crippen molar-refractivity contribution in [1.29, 1.82) is 0 Å². The summed E-state index contributed by atoms with van der Waals surface area (Å²) in [6.07, 6.45) is 2.07. The number of halogens is 2. The van der Waals surface area contributed by atoms with Crippen LogP contribution in [0.4, 0.5) is 14.5 Å². The molecular weight excluding hydrogens is 208 g/mol. The van der Waals surface area contributed by atoms with Gasteiger partial charge in [0.25, 0.3) is 0 Å². The van der Waals surface area contributed by atoms with E-state index in [1.807, 2.05) is 0 Å². The first kappa shape index (κ1) is 12.9. The number of hydrogen-bond donors (Lipinski definition) is 1. The van der Waals surface area contributed by atoms with Crippen molar-refractivity contribution in [2.45, 2.75) is 33.6 Å². The van der Waals surface area contributed by atoms with E-state index in [0.717, 1.165) is 12.8 Å². The highest BCUT2D eigenvalue weighted by atomic mass is 19.2. The fraction of sp³-hybridized carbons (Fsp3) is 0.538. The van der Waals surface area contributed by atoms with E-state index in [4.69, 9.17) is 0 Å². The van der Waals surface area contributed by atoms with Gasteiger partial charge in [0, 0.05) is 6.54 Å². The maximum atomic E-state index is 13.4. The number of anilines is 1. The number of benzene rings is 1. The summed E-state index contributed by atoms with van der Waals surface area (Å²) in [6.45, 7) is 6.50. The molecule has 1 rings (SSSR count). The molecule has 1 unspecified atom stereocenters. The third kappa shape index (κ3) is 3.19. The third-order valence-electron chi connectivity index (χ3n) is 2.92. The molecule has 0 radical (unpaired) electrons. The molecule has 0 aliphatic carbocycles. The highest BCUT2D eigenvalue weighted by Crippen LogP contribution is 2.20.